The molecule has 5 aromatic carbocycles. The first-order valence-electron chi connectivity index (χ1n) is 23.6. The lowest BCUT2D eigenvalue weighted by molar-refractivity contribution is -0.0823. The number of fused-ring (bicyclic) bond motifs is 8. The molecule has 0 amide bonds. The summed E-state index contributed by atoms with van der Waals surface area (Å²) in [6.07, 6.45) is 5.03. The zero-order chi connectivity index (χ0) is 49.7. The van der Waals surface area contributed by atoms with Crippen LogP contribution in [0.1, 0.15) is 124 Å². The summed E-state index contributed by atoms with van der Waals surface area (Å²) >= 11 is 0. The summed E-state index contributed by atoms with van der Waals surface area (Å²) < 4.78 is 58.0. The Balaban J connectivity index is 1.18. The average molecular weight is 942 g/mol. The maximum atomic E-state index is 7.81. The van der Waals surface area contributed by atoms with Crippen molar-refractivity contribution in [1.29, 1.82) is 0 Å². The molecule has 0 fully saturated rings. The van der Waals surface area contributed by atoms with E-state index in [0.717, 1.165) is 61.2 Å². The molecule has 0 radical (unpaired) electrons. The van der Waals surface area contributed by atoms with Crippen LogP contribution in [0.2, 0.25) is 6.04 Å². The van der Waals surface area contributed by atoms with E-state index in [-0.39, 0.29) is 0 Å². The van der Waals surface area contributed by atoms with Gasteiger partial charge in [0.1, 0.15) is 23.9 Å². The molecular formula is C57H71NO9Si. The van der Waals surface area contributed by atoms with Crippen LogP contribution in [0, 0.1) is 6.57 Å². The van der Waals surface area contributed by atoms with Gasteiger partial charge in [-0.1, -0.05) is 62.4 Å². The third-order valence-corrected chi connectivity index (χ3v) is 15.9. The third kappa shape index (κ3) is 10.5. The van der Waals surface area contributed by atoms with E-state index in [1.807, 2.05) is 111 Å². The van der Waals surface area contributed by atoms with E-state index in [0.29, 0.717) is 48.6 Å². The summed E-state index contributed by atoms with van der Waals surface area (Å²) in [7, 11) is 1.78. The van der Waals surface area contributed by atoms with Gasteiger partial charge in [-0.15, -0.1) is 0 Å². The van der Waals surface area contributed by atoms with Crippen LogP contribution < -0.4 is 23.7 Å². The number of rotatable bonds is 16. The number of hydrogen-bond acceptors (Lipinski definition) is 9. The maximum Gasteiger partial charge on any atom is 0.502 e. The molecule has 1 aliphatic heterocycles. The van der Waals surface area contributed by atoms with Crippen molar-refractivity contribution in [3.63, 3.8) is 0 Å². The van der Waals surface area contributed by atoms with E-state index in [1.54, 1.807) is 21.3 Å². The molecule has 0 saturated heterocycles. The molecule has 0 saturated carbocycles. The normalized spacial score (nSPS) is 16.6. The van der Waals surface area contributed by atoms with E-state index >= 15 is 0 Å². The highest BCUT2D eigenvalue weighted by Crippen LogP contribution is 2.59. The number of methoxy groups -OCH3 is 3. The summed E-state index contributed by atoms with van der Waals surface area (Å²) in [5.74, 6) is 3.39. The monoisotopic (exact) mass is 941 g/mol. The minimum Gasteiger partial charge on any atom is -0.497 e. The van der Waals surface area contributed by atoms with Gasteiger partial charge in [-0.2, -0.15) is 0 Å². The van der Waals surface area contributed by atoms with E-state index in [4.69, 9.17) is 48.3 Å². The Kier molecular flexibility index (Phi) is 13.8. The predicted molar refractivity (Wildman–Crippen MR) is 274 cm³/mol. The molecule has 0 spiro atoms. The standard InChI is InChI=1S/C57H71NO9Si/c1-52(2,3)65-68(66-53(4,5)6,67-54(7,8)9)33-30-55(10,11)63-32-31-62-41-25-20-38(21-26-41)57(37-18-23-40(59-15)24-19-37)29-28-43-50-49(42-27-22-39(58-14)34-46(42)56(50,12)13)44-35-47(60-16)48(61-17)36-45(44)51(43)64-57/h18-29,34-36H,30-33H2,1-13,15-17H3. The maximum absolute atomic E-state index is 7.81. The second-order valence-electron chi connectivity index (χ2n) is 21.9. The Bertz CT molecular complexity index is 2670. The molecule has 10 nitrogen and oxygen atoms in total. The van der Waals surface area contributed by atoms with Crippen molar-refractivity contribution in [3.05, 3.63) is 124 Å². The molecule has 1 unspecified atom stereocenters. The van der Waals surface area contributed by atoms with Gasteiger partial charge in [0.15, 0.2) is 22.8 Å². The fourth-order valence-corrected chi connectivity index (χ4v) is 13.7. The zero-order valence-corrected chi connectivity index (χ0v) is 44.1. The number of hydrogen-bond donors (Lipinski definition) is 0. The highest BCUT2D eigenvalue weighted by atomic mass is 28.4. The molecule has 7 rings (SSSR count). The quantitative estimate of drug-likeness (QED) is 0.0545. The minimum atomic E-state index is -3.19. The van der Waals surface area contributed by atoms with Crippen LogP contribution in [0.25, 0.3) is 32.8 Å². The first kappa shape index (κ1) is 50.5. The van der Waals surface area contributed by atoms with Gasteiger partial charge in [0.2, 0.25) is 0 Å². The lowest BCUT2D eigenvalue weighted by Crippen LogP contribution is -2.57. The van der Waals surface area contributed by atoms with Gasteiger partial charge < -0.3 is 41.7 Å². The second kappa shape index (κ2) is 18.5. The first-order valence-corrected chi connectivity index (χ1v) is 25.5. The molecular weight excluding hydrogens is 871 g/mol. The van der Waals surface area contributed by atoms with Crippen LogP contribution in [0.15, 0.2) is 84.9 Å². The van der Waals surface area contributed by atoms with E-state index < -0.39 is 42.2 Å². The Labute approximate surface area is 406 Å². The van der Waals surface area contributed by atoms with Crippen LogP contribution in [-0.2, 0) is 29.0 Å². The van der Waals surface area contributed by atoms with Crippen LogP contribution in [-0.4, -0.2) is 65.8 Å². The summed E-state index contributed by atoms with van der Waals surface area (Å²) in [5.41, 5.74) is 4.48. The fourth-order valence-electron chi connectivity index (χ4n) is 9.60. The summed E-state index contributed by atoms with van der Waals surface area (Å²) in [6, 6.07) is 26.8. The first-order chi connectivity index (χ1) is 31.8. The second-order valence-corrected chi connectivity index (χ2v) is 24.4. The van der Waals surface area contributed by atoms with Gasteiger partial charge in [0, 0.05) is 33.5 Å². The number of benzene rings is 5. The lowest BCUT2D eigenvalue weighted by Gasteiger charge is -2.44. The van der Waals surface area contributed by atoms with Crippen molar-refractivity contribution in [3.8, 4) is 39.9 Å². The molecule has 0 N–H and O–H groups in total. The topological polar surface area (TPSA) is 87.4 Å². The van der Waals surface area contributed by atoms with Crippen LogP contribution in [0.5, 0.6) is 28.7 Å². The minimum absolute atomic E-state index is 0.353. The largest absolute Gasteiger partial charge is 0.502 e. The Morgan fingerprint density at radius 1 is 0.647 bits per heavy atom. The molecule has 68 heavy (non-hydrogen) atoms. The average Bonchev–Trinajstić information content (AvgIpc) is 3.50. The Morgan fingerprint density at radius 3 is 1.71 bits per heavy atom. The van der Waals surface area contributed by atoms with E-state index in [9.17, 15) is 0 Å². The van der Waals surface area contributed by atoms with Crippen molar-refractivity contribution < 1.29 is 41.7 Å². The van der Waals surface area contributed by atoms with Crippen LogP contribution in [0.3, 0.4) is 0 Å². The van der Waals surface area contributed by atoms with Gasteiger partial charge in [0.05, 0.1) is 56.9 Å². The lowest BCUT2D eigenvalue weighted by atomic mass is 9.76. The smallest absolute Gasteiger partial charge is 0.497 e. The van der Waals surface area contributed by atoms with Crippen molar-refractivity contribution in [2.24, 2.45) is 0 Å². The highest BCUT2D eigenvalue weighted by molar-refractivity contribution is 6.61. The third-order valence-electron chi connectivity index (χ3n) is 12.3. The van der Waals surface area contributed by atoms with Crippen LogP contribution >= 0.6 is 0 Å². The number of ether oxygens (including phenoxy) is 6. The summed E-state index contributed by atoms with van der Waals surface area (Å²) in [6.45, 7) is 35.6. The molecule has 1 aliphatic carbocycles. The molecule has 0 bridgehead atoms. The molecule has 1 heterocycles. The zero-order valence-electron chi connectivity index (χ0n) is 43.1. The van der Waals surface area contributed by atoms with Crippen LogP contribution in [0.4, 0.5) is 5.69 Å². The number of nitrogens with zero attached hydrogens (tertiary/aromatic N) is 1. The fraction of sp³-hybridized carbons (Fsp3) is 0.456. The van der Waals surface area contributed by atoms with Crippen molar-refractivity contribution in [2.75, 3.05) is 34.5 Å². The van der Waals surface area contributed by atoms with Gasteiger partial charge in [0.25, 0.3) is 0 Å². The van der Waals surface area contributed by atoms with Crippen molar-refractivity contribution in [1.82, 2.24) is 0 Å². The molecule has 0 aromatic heterocycles. The predicted octanol–water partition coefficient (Wildman–Crippen LogP) is 14.0. The molecule has 362 valence electrons. The molecule has 2 aliphatic rings. The molecule has 1 atom stereocenters. The van der Waals surface area contributed by atoms with E-state index in [1.165, 1.54) is 0 Å². The SMILES string of the molecule is [C-]#[N+]c1ccc2c(c1)C(C)(C)c1c3c(c4cc(OC)c(OC)cc4c1-2)OC(c1ccc(OC)cc1)(c1ccc(OCCOC(C)(C)CC[Si](OC(C)(C)C)(OC(C)(C)C)OC(C)(C)C)cc1)C=C3. The molecule has 5 aromatic rings. The Morgan fingerprint density at radius 2 is 1.19 bits per heavy atom. The van der Waals surface area contributed by atoms with Gasteiger partial charge in [-0.25, -0.2) is 4.85 Å². The van der Waals surface area contributed by atoms with Crippen molar-refractivity contribution >= 4 is 31.3 Å². The van der Waals surface area contributed by atoms with Gasteiger partial charge in [-0.05, 0) is 153 Å². The Hall–Kier alpha value is -5.35. The highest BCUT2D eigenvalue weighted by Gasteiger charge is 2.51. The molecule has 11 heteroatoms. The van der Waals surface area contributed by atoms with Crippen molar-refractivity contribution in [2.45, 2.75) is 136 Å². The van der Waals surface area contributed by atoms with Gasteiger partial charge in [-0.3, -0.25) is 0 Å². The van der Waals surface area contributed by atoms with Gasteiger partial charge >= 0.3 is 8.80 Å². The summed E-state index contributed by atoms with van der Waals surface area (Å²) in [4.78, 5) is 3.79. The summed E-state index contributed by atoms with van der Waals surface area (Å²) in [5, 5.41) is 1.86. The van der Waals surface area contributed by atoms with E-state index in [2.05, 4.69) is 75.0 Å².